The maximum atomic E-state index is 14.8. The molecule has 3 aliphatic rings. The van der Waals surface area contributed by atoms with Crippen LogP contribution in [-0.4, -0.2) is 61.2 Å². The molecule has 4 unspecified atom stereocenters. The van der Waals surface area contributed by atoms with Crippen LogP contribution in [0.5, 0.6) is 0 Å². The maximum Gasteiger partial charge on any atom is 0.335 e. The lowest BCUT2D eigenvalue weighted by molar-refractivity contribution is -0.166. The molecule has 7 heteroatoms. The normalized spacial score (nSPS) is 33.3. The number of carbonyl (C=O) groups is 1. The van der Waals surface area contributed by atoms with Crippen molar-refractivity contribution in [2.45, 2.75) is 120 Å². The highest BCUT2D eigenvalue weighted by molar-refractivity contribution is 7.99. The average molecular weight is 473 g/mol. The van der Waals surface area contributed by atoms with Gasteiger partial charge in [-0.25, -0.2) is 9.18 Å². The number of thioether (sulfide) groups is 1. The zero-order chi connectivity index (χ0) is 22.6. The zero-order valence-electron chi connectivity index (χ0n) is 20.0. The molecule has 2 heterocycles. The molecule has 0 aromatic heterocycles. The van der Waals surface area contributed by atoms with Gasteiger partial charge in [-0.05, 0) is 50.2 Å². The van der Waals surface area contributed by atoms with Crippen LogP contribution in [-0.2, 0) is 14.3 Å². The molecule has 0 bridgehead atoms. The van der Waals surface area contributed by atoms with E-state index in [1.165, 1.54) is 57.1 Å². The summed E-state index contributed by atoms with van der Waals surface area (Å²) in [6, 6.07) is 0. The number of halogens is 1. The van der Waals surface area contributed by atoms with Crippen LogP contribution < -0.4 is 10.6 Å². The molecule has 3 fully saturated rings. The van der Waals surface area contributed by atoms with Gasteiger partial charge in [-0.1, -0.05) is 51.9 Å². The molecule has 1 aliphatic carbocycles. The third kappa shape index (κ3) is 8.77. The molecule has 186 valence electrons. The predicted molar refractivity (Wildman–Crippen MR) is 130 cm³/mol. The average Bonchev–Trinajstić information content (AvgIpc) is 3.35. The molecule has 2 N–H and O–H groups in total. The van der Waals surface area contributed by atoms with Crippen molar-refractivity contribution in [2.24, 2.45) is 5.92 Å². The van der Waals surface area contributed by atoms with Crippen LogP contribution in [0.4, 0.5) is 4.39 Å². The highest BCUT2D eigenvalue weighted by Gasteiger charge is 2.39. The standard InChI is InChI=1S/C25H45FN2O3S/c1-2-3-4-5-6-7-8-9-15-32-20-17-27-24(28-18-20)19-12-13-22(21(26)16-19)31-25(29)23-11-10-14-30-23/h19-24,27-28H,2-18H2,1H3. The number of esters is 1. The Labute approximate surface area is 198 Å². The Morgan fingerprint density at radius 1 is 1.03 bits per heavy atom. The van der Waals surface area contributed by atoms with Crippen LogP contribution in [0.1, 0.15) is 90.4 Å². The smallest absolute Gasteiger partial charge is 0.335 e. The summed E-state index contributed by atoms with van der Waals surface area (Å²) in [4.78, 5) is 12.1. The summed E-state index contributed by atoms with van der Waals surface area (Å²) in [6.07, 6.45) is 12.4. The third-order valence-electron chi connectivity index (χ3n) is 7.17. The minimum Gasteiger partial charge on any atom is -0.457 e. The van der Waals surface area contributed by atoms with E-state index in [4.69, 9.17) is 9.47 Å². The van der Waals surface area contributed by atoms with Crippen LogP contribution >= 0.6 is 11.8 Å². The van der Waals surface area contributed by atoms with Crippen molar-refractivity contribution in [3.8, 4) is 0 Å². The Hall–Kier alpha value is -0.370. The monoisotopic (exact) mass is 472 g/mol. The largest absolute Gasteiger partial charge is 0.457 e. The number of carbonyl (C=O) groups excluding carboxylic acids is 1. The second-order valence-electron chi connectivity index (χ2n) is 9.83. The molecule has 2 saturated heterocycles. The predicted octanol–water partition coefficient (Wildman–Crippen LogP) is 4.98. The molecule has 0 aromatic rings. The fourth-order valence-electron chi connectivity index (χ4n) is 5.14. The number of ether oxygens (including phenoxy) is 2. The molecule has 0 amide bonds. The van der Waals surface area contributed by atoms with Crippen molar-refractivity contribution in [1.29, 1.82) is 0 Å². The Balaban J connectivity index is 1.23. The van der Waals surface area contributed by atoms with Gasteiger partial charge in [0, 0.05) is 24.9 Å². The summed E-state index contributed by atoms with van der Waals surface area (Å²) >= 11 is 2.07. The molecule has 2 aliphatic heterocycles. The molecular weight excluding hydrogens is 427 g/mol. The molecule has 32 heavy (non-hydrogen) atoms. The lowest BCUT2D eigenvalue weighted by Crippen LogP contribution is -2.58. The number of rotatable bonds is 13. The van der Waals surface area contributed by atoms with Crippen molar-refractivity contribution in [1.82, 2.24) is 10.6 Å². The van der Waals surface area contributed by atoms with E-state index >= 15 is 0 Å². The zero-order valence-corrected chi connectivity index (χ0v) is 20.8. The first-order chi connectivity index (χ1) is 15.7. The first-order valence-corrected chi connectivity index (χ1v) is 14.3. The summed E-state index contributed by atoms with van der Waals surface area (Å²) < 4.78 is 25.6. The molecule has 0 spiro atoms. The molecule has 3 rings (SSSR count). The number of alkyl halides is 1. The second kappa shape index (κ2) is 14.8. The van der Waals surface area contributed by atoms with Gasteiger partial charge in [0.25, 0.3) is 0 Å². The highest BCUT2D eigenvalue weighted by atomic mass is 32.2. The van der Waals surface area contributed by atoms with Gasteiger partial charge in [0.2, 0.25) is 0 Å². The van der Waals surface area contributed by atoms with Crippen LogP contribution in [0.2, 0.25) is 0 Å². The Kier molecular flexibility index (Phi) is 12.1. The van der Waals surface area contributed by atoms with Gasteiger partial charge in [-0.2, -0.15) is 11.8 Å². The van der Waals surface area contributed by atoms with Gasteiger partial charge in [0.15, 0.2) is 6.10 Å². The van der Waals surface area contributed by atoms with Crippen LogP contribution in [0.25, 0.3) is 0 Å². The van der Waals surface area contributed by atoms with Crippen molar-refractivity contribution in [3.05, 3.63) is 0 Å². The van der Waals surface area contributed by atoms with Gasteiger partial charge in [-0.15, -0.1) is 0 Å². The number of nitrogens with one attached hydrogen (secondary N) is 2. The van der Waals surface area contributed by atoms with Crippen molar-refractivity contribution >= 4 is 17.7 Å². The minimum atomic E-state index is -1.09. The molecule has 0 radical (unpaired) electrons. The van der Waals surface area contributed by atoms with Crippen LogP contribution in [0, 0.1) is 5.92 Å². The van der Waals surface area contributed by atoms with Crippen molar-refractivity contribution in [3.63, 3.8) is 0 Å². The van der Waals surface area contributed by atoms with Gasteiger partial charge in [-0.3, -0.25) is 0 Å². The van der Waals surface area contributed by atoms with Crippen LogP contribution in [0.3, 0.4) is 0 Å². The quantitative estimate of drug-likeness (QED) is 0.291. The Morgan fingerprint density at radius 2 is 1.75 bits per heavy atom. The summed E-state index contributed by atoms with van der Waals surface area (Å²) in [6.45, 7) is 4.85. The van der Waals surface area contributed by atoms with E-state index in [0.717, 1.165) is 25.9 Å². The summed E-state index contributed by atoms with van der Waals surface area (Å²) in [7, 11) is 0. The summed E-state index contributed by atoms with van der Waals surface area (Å²) in [5.74, 6) is 1.11. The fourth-order valence-corrected chi connectivity index (χ4v) is 6.27. The van der Waals surface area contributed by atoms with E-state index in [1.807, 2.05) is 0 Å². The van der Waals surface area contributed by atoms with Crippen LogP contribution in [0.15, 0.2) is 0 Å². The molecule has 4 atom stereocenters. The van der Waals surface area contributed by atoms with E-state index in [2.05, 4.69) is 29.3 Å². The van der Waals surface area contributed by atoms with E-state index in [-0.39, 0.29) is 18.1 Å². The first kappa shape index (κ1) is 26.2. The lowest BCUT2D eigenvalue weighted by atomic mass is 9.83. The van der Waals surface area contributed by atoms with E-state index in [1.54, 1.807) is 0 Å². The van der Waals surface area contributed by atoms with Crippen molar-refractivity contribution < 1.29 is 18.7 Å². The van der Waals surface area contributed by atoms with E-state index in [9.17, 15) is 9.18 Å². The number of hydrogen-bond donors (Lipinski definition) is 2. The molecule has 5 nitrogen and oxygen atoms in total. The summed E-state index contributed by atoms with van der Waals surface area (Å²) in [5.41, 5.74) is 0. The van der Waals surface area contributed by atoms with Gasteiger partial charge in [0.05, 0.1) is 6.17 Å². The maximum absolute atomic E-state index is 14.8. The van der Waals surface area contributed by atoms with Gasteiger partial charge < -0.3 is 20.1 Å². The second-order valence-corrected chi connectivity index (χ2v) is 11.2. The number of hydrogen-bond acceptors (Lipinski definition) is 6. The van der Waals surface area contributed by atoms with Crippen molar-refractivity contribution in [2.75, 3.05) is 25.4 Å². The SMILES string of the molecule is CCCCCCCCCCSC1CNC(C2CCC(OC(=O)C3CCCO3)C(F)C2)NC1. The Bertz CT molecular complexity index is 527. The first-order valence-electron chi connectivity index (χ1n) is 13.2. The molecular formula is C25H45FN2O3S. The van der Waals surface area contributed by atoms with E-state index in [0.29, 0.717) is 31.1 Å². The summed E-state index contributed by atoms with van der Waals surface area (Å²) in [5, 5.41) is 7.83. The topological polar surface area (TPSA) is 59.6 Å². The van der Waals surface area contributed by atoms with Gasteiger partial charge in [0.1, 0.15) is 12.3 Å². The lowest BCUT2D eigenvalue weighted by Gasteiger charge is -2.40. The third-order valence-corrected chi connectivity index (χ3v) is 8.50. The van der Waals surface area contributed by atoms with Gasteiger partial charge >= 0.3 is 5.97 Å². The number of unbranched alkanes of at least 4 members (excludes halogenated alkanes) is 7. The minimum absolute atomic E-state index is 0.169. The molecule has 0 aromatic carbocycles. The Morgan fingerprint density at radius 3 is 2.41 bits per heavy atom. The fraction of sp³-hybridized carbons (Fsp3) is 0.960. The highest BCUT2D eigenvalue weighted by Crippen LogP contribution is 2.32. The molecule has 1 saturated carbocycles. The van der Waals surface area contributed by atoms with E-state index < -0.39 is 18.4 Å².